The number of aliphatic imine (C=N–C) groups is 1. The van der Waals surface area contributed by atoms with Gasteiger partial charge in [0.15, 0.2) is 5.13 Å². The van der Waals surface area contributed by atoms with Crippen LogP contribution in [0, 0.1) is 5.92 Å². The number of halogens is 2. The molecule has 0 unspecified atom stereocenters. The molecule has 1 aromatic heterocycles. The molecule has 1 aliphatic rings. The number of thiazole rings is 1. The molecule has 0 radical (unpaired) electrons. The molecule has 1 aliphatic heterocycles. The minimum atomic E-state index is -0.214. The summed E-state index contributed by atoms with van der Waals surface area (Å²) in [6, 6.07) is 0. The standard InChI is InChI=1S/C17H23BrClN5OS/c1-5-6-9(2)15(10(3)19)24-16(25)12-8-20-17(26-12)23-14-7-13(18)21-11(4)22-14/h5,8-9,11,14,22H,1,6-7H2,2-4H3,(H,20,23)(H,24,25)/b15-10-/t9-,11+,14-/m0/s1. The van der Waals surface area contributed by atoms with Gasteiger partial charge in [-0.2, -0.15) is 0 Å². The van der Waals surface area contributed by atoms with E-state index in [1.54, 1.807) is 13.1 Å². The average molecular weight is 461 g/mol. The number of nitrogens with one attached hydrogen (secondary N) is 3. The van der Waals surface area contributed by atoms with Crippen LogP contribution in [0.4, 0.5) is 5.13 Å². The monoisotopic (exact) mass is 459 g/mol. The minimum absolute atomic E-state index is 0.00657. The number of nitrogens with zero attached hydrogens (tertiary/aromatic N) is 2. The lowest BCUT2D eigenvalue weighted by Crippen LogP contribution is -2.45. The summed E-state index contributed by atoms with van der Waals surface area (Å²) in [7, 11) is 0. The fraction of sp³-hybridized carbons (Fsp3) is 0.471. The number of carbonyl (C=O) groups is 1. The summed E-state index contributed by atoms with van der Waals surface area (Å²) in [5.74, 6) is -0.127. The summed E-state index contributed by atoms with van der Waals surface area (Å²) in [6.07, 6.45) is 4.85. The Labute approximate surface area is 171 Å². The van der Waals surface area contributed by atoms with E-state index in [1.165, 1.54) is 11.3 Å². The van der Waals surface area contributed by atoms with Gasteiger partial charge in [0.25, 0.3) is 5.91 Å². The molecule has 0 spiro atoms. The first-order valence-electron chi connectivity index (χ1n) is 8.29. The molecule has 2 heterocycles. The van der Waals surface area contributed by atoms with Crippen molar-refractivity contribution in [3.05, 3.63) is 34.5 Å². The van der Waals surface area contributed by atoms with Crippen molar-refractivity contribution in [1.29, 1.82) is 0 Å². The molecular formula is C17H23BrClN5OS. The summed E-state index contributed by atoms with van der Waals surface area (Å²) in [6.45, 7) is 9.48. The van der Waals surface area contributed by atoms with Crippen LogP contribution in [-0.4, -0.2) is 27.8 Å². The fourth-order valence-corrected chi connectivity index (χ4v) is 4.24. The number of hydrogen-bond donors (Lipinski definition) is 3. The van der Waals surface area contributed by atoms with E-state index < -0.39 is 0 Å². The van der Waals surface area contributed by atoms with E-state index in [1.807, 2.05) is 19.9 Å². The molecule has 1 aromatic rings. The molecule has 3 N–H and O–H groups in total. The maximum Gasteiger partial charge on any atom is 0.267 e. The molecule has 142 valence electrons. The summed E-state index contributed by atoms with van der Waals surface area (Å²) < 4.78 is 0.902. The van der Waals surface area contributed by atoms with Gasteiger partial charge >= 0.3 is 0 Å². The Morgan fingerprint density at radius 1 is 1.65 bits per heavy atom. The van der Waals surface area contributed by atoms with Gasteiger partial charge in [0.1, 0.15) is 4.88 Å². The number of aromatic nitrogens is 1. The smallest absolute Gasteiger partial charge is 0.267 e. The molecule has 2 rings (SSSR count). The molecule has 9 heteroatoms. The molecule has 6 nitrogen and oxygen atoms in total. The lowest BCUT2D eigenvalue weighted by molar-refractivity contribution is 0.0965. The number of rotatable bonds is 7. The van der Waals surface area contributed by atoms with Crippen LogP contribution in [-0.2, 0) is 0 Å². The third kappa shape index (κ3) is 5.90. The van der Waals surface area contributed by atoms with E-state index in [-0.39, 0.29) is 24.2 Å². The number of allylic oxidation sites excluding steroid dienone is 3. The third-order valence-electron chi connectivity index (χ3n) is 3.81. The van der Waals surface area contributed by atoms with Gasteiger partial charge in [-0.3, -0.25) is 15.1 Å². The van der Waals surface area contributed by atoms with Gasteiger partial charge in [0, 0.05) is 23.1 Å². The highest BCUT2D eigenvalue weighted by atomic mass is 79.9. The third-order valence-corrected chi connectivity index (χ3v) is 5.47. The van der Waals surface area contributed by atoms with E-state index in [2.05, 4.69) is 48.4 Å². The van der Waals surface area contributed by atoms with Gasteiger partial charge in [-0.05, 0) is 36.2 Å². The number of carbonyl (C=O) groups excluding carboxylic acids is 1. The zero-order valence-electron chi connectivity index (χ0n) is 15.0. The van der Waals surface area contributed by atoms with Crippen molar-refractivity contribution in [3.63, 3.8) is 0 Å². The maximum absolute atomic E-state index is 12.5. The van der Waals surface area contributed by atoms with E-state index in [0.717, 1.165) is 11.0 Å². The lowest BCUT2D eigenvalue weighted by Gasteiger charge is -2.26. The number of anilines is 1. The van der Waals surface area contributed by atoms with Gasteiger partial charge < -0.3 is 10.6 Å². The van der Waals surface area contributed by atoms with E-state index in [4.69, 9.17) is 11.6 Å². The fourth-order valence-electron chi connectivity index (χ4n) is 2.61. The molecule has 0 fully saturated rings. The van der Waals surface area contributed by atoms with Crippen LogP contribution in [0.15, 0.2) is 34.6 Å². The largest absolute Gasteiger partial charge is 0.346 e. The van der Waals surface area contributed by atoms with Gasteiger partial charge in [-0.15, -0.1) is 6.58 Å². The SMILES string of the molecule is C=CC[C@H](C)/C(NC(=O)c1cnc(N[C@H]2CC(Br)=N[C@@H](C)N2)s1)=C(\C)Cl. The van der Waals surface area contributed by atoms with Crippen LogP contribution in [0.1, 0.15) is 43.3 Å². The lowest BCUT2D eigenvalue weighted by atomic mass is 10.0. The minimum Gasteiger partial charge on any atom is -0.346 e. The van der Waals surface area contributed by atoms with Crippen molar-refractivity contribution >= 4 is 54.5 Å². The normalized spacial score (nSPS) is 22.1. The molecule has 0 saturated carbocycles. The first kappa shape index (κ1) is 21.1. The Bertz CT molecular complexity index is 728. The molecule has 0 aromatic carbocycles. The van der Waals surface area contributed by atoms with Crippen molar-refractivity contribution in [2.75, 3.05) is 5.32 Å². The molecule has 0 aliphatic carbocycles. The molecule has 0 bridgehead atoms. The summed E-state index contributed by atoms with van der Waals surface area (Å²) >= 11 is 10.9. The second kappa shape index (κ2) is 9.64. The zero-order chi connectivity index (χ0) is 19.3. The van der Waals surface area contributed by atoms with Crippen LogP contribution in [0.25, 0.3) is 0 Å². The van der Waals surface area contributed by atoms with Crippen LogP contribution in [0.3, 0.4) is 0 Å². The first-order chi connectivity index (χ1) is 12.3. The Morgan fingerprint density at radius 3 is 3.00 bits per heavy atom. The van der Waals surface area contributed by atoms with Crippen molar-refractivity contribution in [1.82, 2.24) is 15.6 Å². The second-order valence-corrected chi connectivity index (χ2v) is 8.62. The average Bonchev–Trinajstić information content (AvgIpc) is 2.99. The van der Waals surface area contributed by atoms with Gasteiger partial charge in [0.2, 0.25) is 0 Å². The molecule has 26 heavy (non-hydrogen) atoms. The summed E-state index contributed by atoms with van der Waals surface area (Å²) in [4.78, 5) is 21.7. The van der Waals surface area contributed by atoms with Gasteiger partial charge in [-0.25, -0.2) is 4.98 Å². The molecule has 1 amide bonds. The predicted octanol–water partition coefficient (Wildman–Crippen LogP) is 4.43. The van der Waals surface area contributed by atoms with Crippen LogP contribution < -0.4 is 16.0 Å². The Kier molecular flexibility index (Phi) is 7.82. The van der Waals surface area contributed by atoms with Crippen LogP contribution in [0.5, 0.6) is 0 Å². The van der Waals surface area contributed by atoms with E-state index in [9.17, 15) is 4.79 Å². The van der Waals surface area contributed by atoms with E-state index >= 15 is 0 Å². The number of hydrogen-bond acceptors (Lipinski definition) is 6. The quantitative estimate of drug-likeness (QED) is 0.526. The maximum atomic E-state index is 12.5. The van der Waals surface area contributed by atoms with Crippen LogP contribution >= 0.6 is 38.9 Å². The zero-order valence-corrected chi connectivity index (χ0v) is 18.1. The van der Waals surface area contributed by atoms with Crippen molar-refractivity contribution in [2.45, 2.75) is 45.9 Å². The molecule has 0 saturated heterocycles. The summed E-state index contributed by atoms with van der Waals surface area (Å²) in [5.41, 5.74) is 0.711. The van der Waals surface area contributed by atoms with Crippen molar-refractivity contribution in [3.8, 4) is 0 Å². The summed E-state index contributed by atoms with van der Waals surface area (Å²) in [5, 5.41) is 10.8. The van der Waals surface area contributed by atoms with E-state index in [0.29, 0.717) is 27.2 Å². The van der Waals surface area contributed by atoms with Gasteiger partial charge in [0.05, 0.1) is 23.1 Å². The highest BCUT2D eigenvalue weighted by Crippen LogP contribution is 2.23. The highest BCUT2D eigenvalue weighted by Gasteiger charge is 2.21. The predicted molar refractivity (Wildman–Crippen MR) is 113 cm³/mol. The topological polar surface area (TPSA) is 78.4 Å². The van der Waals surface area contributed by atoms with Gasteiger partial charge in [-0.1, -0.05) is 35.9 Å². The Balaban J connectivity index is 2.02. The molecule has 3 atom stereocenters. The number of amides is 1. The Morgan fingerprint density at radius 2 is 2.38 bits per heavy atom. The highest BCUT2D eigenvalue weighted by molar-refractivity contribution is 9.18. The second-order valence-electron chi connectivity index (χ2n) is 6.11. The molecular weight excluding hydrogens is 438 g/mol. The Hall–Kier alpha value is -1.22. The van der Waals surface area contributed by atoms with Crippen LogP contribution in [0.2, 0.25) is 0 Å². The van der Waals surface area contributed by atoms with Crippen molar-refractivity contribution in [2.24, 2.45) is 10.9 Å². The van der Waals surface area contributed by atoms with Crippen molar-refractivity contribution < 1.29 is 4.79 Å². The first-order valence-corrected chi connectivity index (χ1v) is 10.3.